The van der Waals surface area contributed by atoms with Crippen LogP contribution >= 0.6 is 35.5 Å². The number of anilines is 1. The Hall–Kier alpha value is -2.00. The van der Waals surface area contributed by atoms with E-state index in [1.807, 2.05) is 26.2 Å². The molecule has 0 radical (unpaired) electrons. The molecule has 0 atom stereocenters. The average molecular weight is 496 g/mol. The van der Waals surface area contributed by atoms with Gasteiger partial charge in [0.05, 0.1) is 20.0 Å². The van der Waals surface area contributed by atoms with E-state index in [0.29, 0.717) is 23.2 Å². The Kier molecular flexibility index (Phi) is 10.1. The van der Waals surface area contributed by atoms with Crippen molar-refractivity contribution in [3.8, 4) is 11.5 Å². The number of carbonyl (C=O) groups excluding carboxylic acids is 1. The number of thiazole rings is 1. The van der Waals surface area contributed by atoms with Crippen LogP contribution in [0.25, 0.3) is 10.2 Å². The third-order valence-corrected chi connectivity index (χ3v) is 6.89. The van der Waals surface area contributed by atoms with Gasteiger partial charge in [-0.15, -0.1) is 24.2 Å². The number of benzene rings is 2. The number of aromatic nitrogens is 1. The van der Waals surface area contributed by atoms with Gasteiger partial charge in [-0.3, -0.25) is 9.69 Å². The van der Waals surface area contributed by atoms with Crippen molar-refractivity contribution in [1.29, 1.82) is 0 Å². The SMILES string of the molecule is COc1ccc(OC)c2sc(N(CCCN(C)C)C(=O)CSc3ccc(C)cc3)nc12.Cl. The number of rotatable bonds is 10. The highest BCUT2D eigenvalue weighted by molar-refractivity contribution is 8.00. The highest BCUT2D eigenvalue weighted by atomic mass is 35.5. The maximum atomic E-state index is 13.2. The number of carbonyl (C=O) groups is 1. The summed E-state index contributed by atoms with van der Waals surface area (Å²) in [4.78, 5) is 23.0. The van der Waals surface area contributed by atoms with Gasteiger partial charge in [0.2, 0.25) is 5.91 Å². The summed E-state index contributed by atoms with van der Waals surface area (Å²) in [6, 6.07) is 11.9. The minimum Gasteiger partial charge on any atom is -0.495 e. The molecule has 0 aliphatic carbocycles. The van der Waals surface area contributed by atoms with Crippen molar-refractivity contribution in [1.82, 2.24) is 9.88 Å². The minimum absolute atomic E-state index is 0. The van der Waals surface area contributed by atoms with Gasteiger partial charge in [0.15, 0.2) is 5.13 Å². The number of amides is 1. The van der Waals surface area contributed by atoms with Crippen molar-refractivity contribution in [2.45, 2.75) is 18.2 Å². The molecule has 0 spiro atoms. The molecule has 9 heteroatoms. The van der Waals surface area contributed by atoms with Crippen molar-refractivity contribution < 1.29 is 14.3 Å². The predicted octanol–water partition coefficient (Wildman–Crippen LogP) is 5.12. The molecule has 0 saturated carbocycles. The number of nitrogens with zero attached hydrogens (tertiary/aromatic N) is 3. The predicted molar refractivity (Wildman–Crippen MR) is 137 cm³/mol. The number of hydrogen-bond donors (Lipinski definition) is 0. The molecule has 0 saturated heterocycles. The molecule has 3 rings (SSSR count). The lowest BCUT2D eigenvalue weighted by molar-refractivity contribution is -0.116. The Morgan fingerprint density at radius 1 is 1.03 bits per heavy atom. The fraction of sp³-hybridized carbons (Fsp3) is 0.391. The third kappa shape index (κ3) is 6.51. The van der Waals surface area contributed by atoms with Crippen molar-refractivity contribution >= 4 is 56.8 Å². The number of hydrogen-bond acceptors (Lipinski definition) is 7. The molecule has 3 aromatic rings. The van der Waals surface area contributed by atoms with Gasteiger partial charge in [0.1, 0.15) is 21.7 Å². The fourth-order valence-corrected chi connectivity index (χ4v) is 5.01. The summed E-state index contributed by atoms with van der Waals surface area (Å²) in [6.07, 6.45) is 0.859. The maximum Gasteiger partial charge on any atom is 0.239 e. The summed E-state index contributed by atoms with van der Waals surface area (Å²) in [5.74, 6) is 1.80. The van der Waals surface area contributed by atoms with Gasteiger partial charge in [-0.1, -0.05) is 29.0 Å². The Morgan fingerprint density at radius 2 is 1.69 bits per heavy atom. The first-order chi connectivity index (χ1) is 14.9. The van der Waals surface area contributed by atoms with E-state index in [1.165, 1.54) is 16.9 Å². The summed E-state index contributed by atoms with van der Waals surface area (Å²) in [5, 5.41) is 0.672. The number of halogens is 1. The summed E-state index contributed by atoms with van der Waals surface area (Å²) >= 11 is 3.01. The molecular weight excluding hydrogens is 466 g/mol. The molecule has 1 amide bonds. The molecule has 6 nitrogen and oxygen atoms in total. The van der Waals surface area contributed by atoms with Crippen molar-refractivity contribution in [3.63, 3.8) is 0 Å². The molecule has 0 aliphatic heterocycles. The highest BCUT2D eigenvalue weighted by Crippen LogP contribution is 2.40. The van der Waals surface area contributed by atoms with E-state index >= 15 is 0 Å². The molecular formula is C23H30ClN3O3S2. The quantitative estimate of drug-likeness (QED) is 0.364. The van der Waals surface area contributed by atoms with Gasteiger partial charge in [0.25, 0.3) is 0 Å². The topological polar surface area (TPSA) is 54.9 Å². The van der Waals surface area contributed by atoms with E-state index in [4.69, 9.17) is 14.5 Å². The maximum absolute atomic E-state index is 13.2. The second-order valence-corrected chi connectivity index (χ2v) is 9.47. The number of aryl methyl sites for hydroxylation is 1. The summed E-state index contributed by atoms with van der Waals surface area (Å²) in [7, 11) is 7.33. The van der Waals surface area contributed by atoms with Crippen molar-refractivity contribution in [3.05, 3.63) is 42.0 Å². The highest BCUT2D eigenvalue weighted by Gasteiger charge is 2.22. The van der Waals surface area contributed by atoms with Crippen LogP contribution in [0.1, 0.15) is 12.0 Å². The molecule has 0 fully saturated rings. The molecule has 174 valence electrons. The zero-order valence-electron chi connectivity index (χ0n) is 19.1. The Bertz CT molecular complexity index is 984. The normalized spacial score (nSPS) is 10.8. The van der Waals surface area contributed by atoms with E-state index in [2.05, 4.69) is 36.1 Å². The van der Waals surface area contributed by atoms with Crippen LogP contribution in [-0.4, -0.2) is 62.9 Å². The van der Waals surface area contributed by atoms with Crippen LogP contribution in [0.15, 0.2) is 41.3 Å². The molecule has 32 heavy (non-hydrogen) atoms. The van der Waals surface area contributed by atoms with Gasteiger partial charge in [-0.25, -0.2) is 4.98 Å². The smallest absolute Gasteiger partial charge is 0.239 e. The lowest BCUT2D eigenvalue weighted by Gasteiger charge is -2.21. The van der Waals surface area contributed by atoms with Crippen LogP contribution < -0.4 is 14.4 Å². The summed E-state index contributed by atoms with van der Waals surface area (Å²) in [6.45, 7) is 3.56. The van der Waals surface area contributed by atoms with Crippen molar-refractivity contribution in [2.24, 2.45) is 0 Å². The molecule has 0 bridgehead atoms. The van der Waals surface area contributed by atoms with Gasteiger partial charge in [-0.05, 0) is 58.3 Å². The minimum atomic E-state index is 0. The molecule has 2 aromatic carbocycles. The van der Waals surface area contributed by atoms with E-state index in [0.717, 1.165) is 33.8 Å². The lowest BCUT2D eigenvalue weighted by atomic mass is 10.2. The number of ether oxygens (including phenoxy) is 2. The lowest BCUT2D eigenvalue weighted by Crippen LogP contribution is -2.34. The number of fused-ring (bicyclic) bond motifs is 1. The second-order valence-electron chi connectivity index (χ2n) is 7.45. The van der Waals surface area contributed by atoms with Crippen LogP contribution in [0, 0.1) is 6.92 Å². The first-order valence-electron chi connectivity index (χ1n) is 10.1. The van der Waals surface area contributed by atoms with Crippen LogP contribution in [0.3, 0.4) is 0 Å². The molecule has 1 aromatic heterocycles. The monoisotopic (exact) mass is 495 g/mol. The summed E-state index contributed by atoms with van der Waals surface area (Å²) < 4.78 is 11.9. The van der Waals surface area contributed by atoms with Gasteiger partial charge < -0.3 is 14.4 Å². The van der Waals surface area contributed by atoms with Crippen LogP contribution in [-0.2, 0) is 4.79 Å². The van der Waals surface area contributed by atoms with E-state index in [1.54, 1.807) is 30.9 Å². The molecule has 0 N–H and O–H groups in total. The number of methoxy groups -OCH3 is 2. The molecule has 0 aliphatic rings. The first kappa shape index (κ1) is 26.3. The standard InChI is InChI=1S/C23H29N3O3S2.ClH/c1-16-7-9-17(10-8-16)30-15-20(27)26(14-6-13-25(2)3)23-24-21-18(28-4)11-12-19(29-5)22(21)31-23;/h7-12H,6,13-15H2,1-5H3;1H. The van der Waals surface area contributed by atoms with E-state index in [9.17, 15) is 4.79 Å². The largest absolute Gasteiger partial charge is 0.495 e. The second kappa shape index (κ2) is 12.3. The average Bonchev–Trinajstić information content (AvgIpc) is 3.20. The van der Waals surface area contributed by atoms with Crippen LogP contribution in [0.4, 0.5) is 5.13 Å². The van der Waals surface area contributed by atoms with Gasteiger partial charge in [-0.2, -0.15) is 0 Å². The van der Waals surface area contributed by atoms with Crippen molar-refractivity contribution in [2.75, 3.05) is 52.1 Å². The third-order valence-electron chi connectivity index (χ3n) is 4.80. The first-order valence-corrected chi connectivity index (χ1v) is 11.9. The van der Waals surface area contributed by atoms with E-state index < -0.39 is 0 Å². The van der Waals surface area contributed by atoms with Crippen LogP contribution in [0.2, 0.25) is 0 Å². The van der Waals surface area contributed by atoms with Gasteiger partial charge >= 0.3 is 0 Å². The number of thioether (sulfide) groups is 1. The van der Waals surface area contributed by atoms with Gasteiger partial charge in [0, 0.05) is 11.4 Å². The van der Waals surface area contributed by atoms with Crippen LogP contribution in [0.5, 0.6) is 11.5 Å². The zero-order chi connectivity index (χ0) is 22.4. The Morgan fingerprint density at radius 3 is 2.31 bits per heavy atom. The summed E-state index contributed by atoms with van der Waals surface area (Å²) in [5.41, 5.74) is 1.93. The van der Waals surface area contributed by atoms with E-state index in [-0.39, 0.29) is 18.3 Å². The Balaban J connectivity index is 0.00000363. The fourth-order valence-electron chi connectivity index (χ4n) is 3.12. The zero-order valence-corrected chi connectivity index (χ0v) is 21.5. The Labute approximate surface area is 204 Å². The molecule has 1 heterocycles. The molecule has 0 unspecified atom stereocenters.